The maximum absolute atomic E-state index is 11.7. The molecule has 2 heterocycles. The number of nitrogens with one attached hydrogen (secondary N) is 2. The number of carbonyl (C=O) groups excluding carboxylic acids is 1. The Morgan fingerprint density at radius 3 is 2.83 bits per heavy atom. The van der Waals surface area contributed by atoms with E-state index in [-0.39, 0.29) is 6.54 Å². The first-order chi connectivity index (χ1) is 11.3. The molecule has 0 spiro atoms. The maximum atomic E-state index is 11.7. The number of ether oxygens (including phenoxy) is 1. The highest BCUT2D eigenvalue weighted by molar-refractivity contribution is 6.31. The molecule has 0 aliphatic rings. The number of furan rings is 1. The lowest BCUT2D eigenvalue weighted by Crippen LogP contribution is -2.32. The summed E-state index contributed by atoms with van der Waals surface area (Å²) in [6, 6.07) is 5.26. The van der Waals surface area contributed by atoms with Gasteiger partial charge in [-0.1, -0.05) is 11.6 Å². The number of alkyl carbamates (subject to hydrolysis) is 1. The molecule has 0 atom stereocenters. The predicted octanol–water partition coefficient (Wildman–Crippen LogP) is 3.29. The van der Waals surface area contributed by atoms with E-state index in [0.717, 1.165) is 5.39 Å². The third-order valence-corrected chi connectivity index (χ3v) is 3.24. The summed E-state index contributed by atoms with van der Waals surface area (Å²) in [5.41, 5.74) is 0.633. The number of hydrogen-bond donors (Lipinski definition) is 2. The van der Waals surface area contributed by atoms with Crippen molar-refractivity contribution in [3.8, 4) is 11.4 Å². The van der Waals surface area contributed by atoms with Gasteiger partial charge < -0.3 is 14.5 Å². The largest absolute Gasteiger partial charge is 0.458 e. The van der Waals surface area contributed by atoms with Crippen molar-refractivity contribution in [2.75, 3.05) is 0 Å². The van der Waals surface area contributed by atoms with Crippen LogP contribution in [0.3, 0.4) is 0 Å². The minimum atomic E-state index is -0.558. The molecular weight excluding hydrogens is 334 g/mol. The first-order valence-electron chi connectivity index (χ1n) is 7.24. The zero-order valence-corrected chi connectivity index (χ0v) is 14.1. The molecule has 126 valence electrons. The fourth-order valence-corrected chi connectivity index (χ4v) is 2.40. The zero-order valence-electron chi connectivity index (χ0n) is 13.4. The number of benzene rings is 1. The summed E-state index contributed by atoms with van der Waals surface area (Å²) < 4.78 is 11.0. The molecule has 1 amide bonds. The van der Waals surface area contributed by atoms with Crippen molar-refractivity contribution in [3.63, 3.8) is 0 Å². The molecule has 0 aliphatic carbocycles. The molecule has 3 aromatic rings. The van der Waals surface area contributed by atoms with Gasteiger partial charge in [0.15, 0.2) is 0 Å². The van der Waals surface area contributed by atoms with E-state index in [1.807, 2.05) is 0 Å². The topological polar surface area (TPSA) is 106 Å². The lowest BCUT2D eigenvalue weighted by Gasteiger charge is -2.19. The predicted molar refractivity (Wildman–Crippen MR) is 87.5 cm³/mol. The molecule has 0 unspecified atom stereocenters. The number of nitrogens with zero attached hydrogens (tertiary/aromatic N) is 3. The van der Waals surface area contributed by atoms with Crippen molar-refractivity contribution in [1.82, 2.24) is 25.9 Å². The van der Waals surface area contributed by atoms with Crippen molar-refractivity contribution < 1.29 is 13.9 Å². The third-order valence-electron chi connectivity index (χ3n) is 3.02. The number of fused-ring (bicyclic) bond motifs is 1. The highest BCUT2D eigenvalue weighted by Crippen LogP contribution is 2.32. The van der Waals surface area contributed by atoms with E-state index in [1.165, 1.54) is 0 Å². The summed E-state index contributed by atoms with van der Waals surface area (Å²) in [5, 5.41) is 17.8. The van der Waals surface area contributed by atoms with Crippen LogP contribution in [-0.4, -0.2) is 32.3 Å². The molecule has 9 heteroatoms. The van der Waals surface area contributed by atoms with Crippen LogP contribution in [0.5, 0.6) is 0 Å². The van der Waals surface area contributed by atoms with Crippen molar-refractivity contribution >= 4 is 28.7 Å². The van der Waals surface area contributed by atoms with Crippen LogP contribution in [-0.2, 0) is 11.3 Å². The van der Waals surface area contributed by atoms with Gasteiger partial charge in [0, 0.05) is 10.4 Å². The lowest BCUT2D eigenvalue weighted by molar-refractivity contribution is 0.0520. The summed E-state index contributed by atoms with van der Waals surface area (Å²) in [7, 11) is 0. The summed E-state index contributed by atoms with van der Waals surface area (Å²) in [4.78, 5) is 11.7. The molecule has 0 radical (unpaired) electrons. The van der Waals surface area contributed by atoms with Crippen LogP contribution in [0, 0.1) is 0 Å². The first-order valence-corrected chi connectivity index (χ1v) is 7.62. The molecular formula is C15H16ClN5O3. The lowest BCUT2D eigenvalue weighted by atomic mass is 10.1. The minimum absolute atomic E-state index is 0.187. The Balaban J connectivity index is 1.84. The van der Waals surface area contributed by atoms with Gasteiger partial charge in [-0.2, -0.15) is 5.21 Å². The molecule has 8 nitrogen and oxygen atoms in total. The summed E-state index contributed by atoms with van der Waals surface area (Å²) in [5.74, 6) is 0.936. The van der Waals surface area contributed by atoms with E-state index >= 15 is 0 Å². The van der Waals surface area contributed by atoms with E-state index in [2.05, 4.69) is 25.9 Å². The quantitative estimate of drug-likeness (QED) is 0.751. The normalized spacial score (nSPS) is 11.7. The van der Waals surface area contributed by atoms with Gasteiger partial charge in [-0.15, -0.1) is 10.2 Å². The Hall–Kier alpha value is -2.61. The van der Waals surface area contributed by atoms with Crippen LogP contribution in [0.15, 0.2) is 22.6 Å². The molecule has 2 N–H and O–H groups in total. The number of halogens is 1. The van der Waals surface area contributed by atoms with Crippen LogP contribution < -0.4 is 5.32 Å². The third kappa shape index (κ3) is 3.65. The molecule has 0 bridgehead atoms. The maximum Gasteiger partial charge on any atom is 0.408 e. The second-order valence-electron chi connectivity index (χ2n) is 6.18. The molecule has 0 aliphatic heterocycles. The Bertz CT molecular complexity index is 867. The van der Waals surface area contributed by atoms with Crippen LogP contribution >= 0.6 is 11.6 Å². The van der Waals surface area contributed by atoms with Crippen LogP contribution in [0.2, 0.25) is 5.02 Å². The van der Waals surface area contributed by atoms with Crippen molar-refractivity contribution in [3.05, 3.63) is 29.0 Å². The van der Waals surface area contributed by atoms with Crippen LogP contribution in [0.25, 0.3) is 22.4 Å². The number of rotatable bonds is 3. The first kappa shape index (κ1) is 16.3. The van der Waals surface area contributed by atoms with Gasteiger partial charge in [-0.25, -0.2) is 4.79 Å². The fraction of sp³-hybridized carbons (Fsp3) is 0.333. The van der Waals surface area contributed by atoms with Gasteiger partial charge in [-0.3, -0.25) is 0 Å². The van der Waals surface area contributed by atoms with Crippen LogP contribution in [0.1, 0.15) is 26.5 Å². The van der Waals surface area contributed by atoms with Gasteiger partial charge in [0.25, 0.3) is 0 Å². The van der Waals surface area contributed by atoms with Gasteiger partial charge in [0.1, 0.15) is 16.9 Å². The second kappa shape index (κ2) is 6.12. The average molecular weight is 350 g/mol. The molecule has 3 rings (SSSR count). The van der Waals surface area contributed by atoms with Gasteiger partial charge in [-0.05, 0) is 44.2 Å². The van der Waals surface area contributed by atoms with Crippen molar-refractivity contribution in [2.45, 2.75) is 32.9 Å². The second-order valence-corrected chi connectivity index (χ2v) is 6.61. The molecule has 0 saturated carbocycles. The highest BCUT2D eigenvalue weighted by atomic mass is 35.5. The van der Waals surface area contributed by atoms with Gasteiger partial charge >= 0.3 is 6.09 Å². The number of carbonyl (C=O) groups is 1. The average Bonchev–Trinajstić information content (AvgIpc) is 3.11. The zero-order chi connectivity index (χ0) is 17.3. The smallest absolute Gasteiger partial charge is 0.408 e. The van der Waals surface area contributed by atoms with Gasteiger partial charge in [0.05, 0.1) is 12.1 Å². The number of aromatic amines is 1. The van der Waals surface area contributed by atoms with Crippen molar-refractivity contribution in [1.29, 1.82) is 0 Å². The fourth-order valence-electron chi connectivity index (χ4n) is 2.17. The number of H-pyrrole nitrogens is 1. The van der Waals surface area contributed by atoms with Crippen LogP contribution in [0.4, 0.5) is 4.79 Å². The van der Waals surface area contributed by atoms with E-state index in [1.54, 1.807) is 39.0 Å². The highest BCUT2D eigenvalue weighted by Gasteiger charge is 2.18. The van der Waals surface area contributed by atoms with Gasteiger partial charge in [0.2, 0.25) is 5.82 Å². The molecule has 0 fully saturated rings. The Kier molecular flexibility index (Phi) is 4.15. The molecule has 2 aromatic heterocycles. The summed E-state index contributed by atoms with van der Waals surface area (Å²) in [6.45, 7) is 5.58. The Labute approximate surface area is 142 Å². The monoisotopic (exact) mass is 349 g/mol. The Morgan fingerprint density at radius 1 is 1.38 bits per heavy atom. The molecule has 0 saturated heterocycles. The van der Waals surface area contributed by atoms with E-state index < -0.39 is 11.7 Å². The van der Waals surface area contributed by atoms with E-state index in [9.17, 15) is 4.79 Å². The summed E-state index contributed by atoms with van der Waals surface area (Å²) in [6.07, 6.45) is -0.514. The van der Waals surface area contributed by atoms with E-state index in [0.29, 0.717) is 27.8 Å². The number of hydrogen-bond acceptors (Lipinski definition) is 6. The SMILES string of the molecule is CC(C)(C)OC(=O)NCc1cc2cc(Cl)cc(-c3nn[nH]n3)c2o1. The van der Waals surface area contributed by atoms with E-state index in [4.69, 9.17) is 20.8 Å². The Morgan fingerprint density at radius 2 is 2.17 bits per heavy atom. The molecule has 24 heavy (non-hydrogen) atoms. The minimum Gasteiger partial charge on any atom is -0.458 e. The number of aromatic nitrogens is 4. The number of amides is 1. The standard InChI is InChI=1S/C15H16ClN5O3/c1-15(2,3)24-14(22)17-7-10-5-8-4-9(16)6-11(12(8)23-10)13-18-20-21-19-13/h4-6H,7H2,1-3H3,(H,17,22)(H,18,19,20,21). The summed E-state index contributed by atoms with van der Waals surface area (Å²) >= 11 is 6.13. The van der Waals surface area contributed by atoms with Crippen molar-refractivity contribution in [2.24, 2.45) is 0 Å². The molecule has 1 aromatic carbocycles. The number of tetrazole rings is 1.